The van der Waals surface area contributed by atoms with E-state index in [9.17, 15) is 5.11 Å². The first kappa shape index (κ1) is 12.1. The van der Waals surface area contributed by atoms with Gasteiger partial charge in [0.15, 0.2) is 5.79 Å². The lowest BCUT2D eigenvalue weighted by Crippen LogP contribution is -2.56. The van der Waals surface area contributed by atoms with Gasteiger partial charge in [-0.3, -0.25) is 0 Å². The molecule has 2 fully saturated rings. The van der Waals surface area contributed by atoms with Crippen molar-refractivity contribution in [1.29, 1.82) is 0 Å². The second kappa shape index (κ2) is 4.47. The van der Waals surface area contributed by atoms with Crippen LogP contribution in [-0.4, -0.2) is 30.2 Å². The molecule has 0 bridgehead atoms. The van der Waals surface area contributed by atoms with E-state index in [-0.39, 0.29) is 5.41 Å². The van der Waals surface area contributed by atoms with Crippen LogP contribution in [0.4, 0.5) is 0 Å². The largest absolute Gasteiger partial charge is 0.392 e. The smallest absolute Gasteiger partial charge is 0.176 e. The van der Waals surface area contributed by atoms with Crippen molar-refractivity contribution in [3.05, 3.63) is 12.7 Å². The summed E-state index contributed by atoms with van der Waals surface area (Å²) in [5.41, 5.74) is -0.296. The zero-order valence-electron chi connectivity index (χ0n) is 10.1. The van der Waals surface area contributed by atoms with Gasteiger partial charge in [0, 0.05) is 11.8 Å². The van der Waals surface area contributed by atoms with Crippen LogP contribution in [0.5, 0.6) is 0 Å². The van der Waals surface area contributed by atoms with Gasteiger partial charge in [-0.25, -0.2) is 0 Å². The van der Waals surface area contributed by atoms with E-state index >= 15 is 0 Å². The summed E-state index contributed by atoms with van der Waals surface area (Å²) in [6.45, 7) is 7.09. The lowest BCUT2D eigenvalue weighted by atomic mass is 9.66. The second-order valence-electron chi connectivity index (χ2n) is 5.11. The zero-order chi connectivity index (χ0) is 11.6. The van der Waals surface area contributed by atoms with Crippen LogP contribution >= 0.6 is 0 Å². The molecule has 2 atom stereocenters. The molecule has 0 radical (unpaired) electrons. The number of aliphatic hydroxyl groups excluding tert-OH is 1. The molecule has 92 valence electrons. The van der Waals surface area contributed by atoms with Crippen LogP contribution in [0.1, 0.15) is 39.0 Å². The molecule has 2 rings (SSSR count). The van der Waals surface area contributed by atoms with Crippen LogP contribution in [0.3, 0.4) is 0 Å². The highest BCUT2D eigenvalue weighted by molar-refractivity contribution is 5.01. The Hall–Kier alpha value is -0.380. The van der Waals surface area contributed by atoms with Gasteiger partial charge in [-0.2, -0.15) is 0 Å². The standard InChI is InChI=1S/C13H22O3/c1-3-6-11(14)12(2)7-4-5-8-13(12)15-9-10-16-13/h3,11,14H,1,4-10H2,2H3/t11-,12+/m0/s1. The Kier molecular flexibility index (Phi) is 3.38. The molecule has 0 aromatic heterocycles. The Labute approximate surface area is 97.4 Å². The predicted octanol–water partition coefficient (Wildman–Crippen LogP) is 2.25. The number of hydrogen-bond acceptors (Lipinski definition) is 3. The average molecular weight is 226 g/mol. The fourth-order valence-corrected chi connectivity index (χ4v) is 3.09. The summed E-state index contributed by atoms with van der Waals surface area (Å²) in [7, 11) is 0. The molecule has 1 aliphatic heterocycles. The van der Waals surface area contributed by atoms with Crippen molar-refractivity contribution >= 4 is 0 Å². The summed E-state index contributed by atoms with van der Waals surface area (Å²) >= 11 is 0. The lowest BCUT2D eigenvalue weighted by Gasteiger charge is -2.50. The third kappa shape index (κ3) is 1.71. The molecule has 0 unspecified atom stereocenters. The minimum atomic E-state index is -0.548. The predicted molar refractivity (Wildman–Crippen MR) is 62.0 cm³/mol. The topological polar surface area (TPSA) is 38.7 Å². The maximum atomic E-state index is 10.3. The summed E-state index contributed by atoms with van der Waals surface area (Å²) in [6.07, 6.45) is 6.07. The van der Waals surface area contributed by atoms with Crippen molar-refractivity contribution in [2.45, 2.75) is 50.9 Å². The SMILES string of the molecule is C=CC[C@H](O)[C@@]1(C)CCCCC12OCCO2. The van der Waals surface area contributed by atoms with Gasteiger partial charge in [0.05, 0.1) is 19.3 Å². The van der Waals surface area contributed by atoms with E-state index in [2.05, 4.69) is 13.5 Å². The van der Waals surface area contributed by atoms with Crippen LogP contribution in [0.15, 0.2) is 12.7 Å². The molecule has 0 amide bonds. The molecule has 1 saturated carbocycles. The van der Waals surface area contributed by atoms with Gasteiger partial charge >= 0.3 is 0 Å². The van der Waals surface area contributed by atoms with E-state index < -0.39 is 11.9 Å². The first-order valence-corrected chi connectivity index (χ1v) is 6.21. The number of aliphatic hydroxyl groups is 1. The third-order valence-electron chi connectivity index (χ3n) is 4.20. The summed E-state index contributed by atoms with van der Waals surface area (Å²) in [4.78, 5) is 0. The molecule has 3 nitrogen and oxygen atoms in total. The number of rotatable bonds is 3. The Balaban J connectivity index is 2.23. The van der Waals surface area contributed by atoms with Gasteiger partial charge < -0.3 is 14.6 Å². The monoisotopic (exact) mass is 226 g/mol. The highest BCUT2D eigenvalue weighted by atomic mass is 16.7. The summed E-state index contributed by atoms with van der Waals surface area (Å²) in [5.74, 6) is -0.548. The van der Waals surface area contributed by atoms with Gasteiger partial charge in [-0.1, -0.05) is 19.4 Å². The fraction of sp³-hybridized carbons (Fsp3) is 0.846. The molecule has 3 heteroatoms. The van der Waals surface area contributed by atoms with Gasteiger partial charge in [-0.05, 0) is 19.3 Å². The van der Waals surface area contributed by atoms with E-state index in [0.29, 0.717) is 19.6 Å². The maximum absolute atomic E-state index is 10.3. The first-order valence-electron chi connectivity index (χ1n) is 6.21. The Morgan fingerprint density at radius 2 is 1.94 bits per heavy atom. The molecule has 1 spiro atoms. The van der Waals surface area contributed by atoms with Crippen molar-refractivity contribution in [3.63, 3.8) is 0 Å². The second-order valence-corrected chi connectivity index (χ2v) is 5.11. The van der Waals surface area contributed by atoms with Crippen LogP contribution in [0.2, 0.25) is 0 Å². The number of ether oxygens (including phenoxy) is 2. The van der Waals surface area contributed by atoms with Crippen LogP contribution in [-0.2, 0) is 9.47 Å². The first-order chi connectivity index (χ1) is 7.65. The van der Waals surface area contributed by atoms with Crippen molar-refractivity contribution in [3.8, 4) is 0 Å². The molecule has 1 N–H and O–H groups in total. The molecular weight excluding hydrogens is 204 g/mol. The van der Waals surface area contributed by atoms with Gasteiger partial charge in [0.1, 0.15) is 0 Å². The van der Waals surface area contributed by atoms with Crippen molar-refractivity contribution in [2.24, 2.45) is 5.41 Å². The minimum absolute atomic E-state index is 0.296. The van der Waals surface area contributed by atoms with Crippen molar-refractivity contribution < 1.29 is 14.6 Å². The van der Waals surface area contributed by atoms with E-state index in [1.165, 1.54) is 0 Å². The van der Waals surface area contributed by atoms with Gasteiger partial charge in [0.25, 0.3) is 0 Å². The Bertz CT molecular complexity index is 258. The van der Waals surface area contributed by atoms with Crippen molar-refractivity contribution in [1.82, 2.24) is 0 Å². The maximum Gasteiger partial charge on any atom is 0.176 e. The molecule has 1 saturated heterocycles. The molecule has 0 aromatic rings. The molecule has 16 heavy (non-hydrogen) atoms. The summed E-state index contributed by atoms with van der Waals surface area (Å²) in [5, 5.41) is 10.3. The Morgan fingerprint density at radius 3 is 2.56 bits per heavy atom. The van der Waals surface area contributed by atoms with Crippen LogP contribution in [0, 0.1) is 5.41 Å². The molecule has 2 aliphatic rings. The quantitative estimate of drug-likeness (QED) is 0.750. The van der Waals surface area contributed by atoms with Crippen LogP contribution < -0.4 is 0 Å². The molecule has 1 heterocycles. The molecule has 1 aliphatic carbocycles. The zero-order valence-corrected chi connectivity index (χ0v) is 10.1. The average Bonchev–Trinajstić information content (AvgIpc) is 2.73. The molecule has 0 aromatic carbocycles. The van der Waals surface area contributed by atoms with Crippen LogP contribution in [0.25, 0.3) is 0 Å². The molecular formula is C13H22O3. The number of hydrogen-bond donors (Lipinski definition) is 1. The van der Waals surface area contributed by atoms with E-state index in [1.807, 2.05) is 0 Å². The third-order valence-corrected chi connectivity index (χ3v) is 4.20. The summed E-state index contributed by atoms with van der Waals surface area (Å²) < 4.78 is 11.7. The van der Waals surface area contributed by atoms with Gasteiger partial charge in [-0.15, -0.1) is 6.58 Å². The van der Waals surface area contributed by atoms with E-state index in [4.69, 9.17) is 9.47 Å². The fourth-order valence-electron chi connectivity index (χ4n) is 3.09. The lowest BCUT2D eigenvalue weighted by molar-refractivity contribution is -0.275. The summed E-state index contributed by atoms with van der Waals surface area (Å²) in [6, 6.07) is 0. The van der Waals surface area contributed by atoms with Gasteiger partial charge in [0.2, 0.25) is 0 Å². The minimum Gasteiger partial charge on any atom is -0.392 e. The highest BCUT2D eigenvalue weighted by Crippen LogP contribution is 2.51. The Morgan fingerprint density at radius 1 is 1.31 bits per heavy atom. The van der Waals surface area contributed by atoms with E-state index in [0.717, 1.165) is 25.7 Å². The normalized spacial score (nSPS) is 35.1. The van der Waals surface area contributed by atoms with Crippen molar-refractivity contribution in [2.75, 3.05) is 13.2 Å². The highest BCUT2D eigenvalue weighted by Gasteiger charge is 2.57. The van der Waals surface area contributed by atoms with E-state index in [1.54, 1.807) is 6.08 Å².